The lowest BCUT2D eigenvalue weighted by molar-refractivity contribution is 0.431. The predicted octanol–water partition coefficient (Wildman–Crippen LogP) is 1.88. The number of nitrogens with one attached hydrogen (secondary N) is 2. The molecular formula is C14H28N2O2S. The first kappa shape index (κ1) is 15.3. The number of hydrogen-bond donors (Lipinski definition) is 2. The summed E-state index contributed by atoms with van der Waals surface area (Å²) in [6.45, 7) is 4.77. The maximum Gasteiger partial charge on any atom is 0.211 e. The van der Waals surface area contributed by atoms with Crippen molar-refractivity contribution in [3.05, 3.63) is 0 Å². The van der Waals surface area contributed by atoms with Gasteiger partial charge in [0.1, 0.15) is 0 Å². The van der Waals surface area contributed by atoms with E-state index in [1.54, 1.807) is 0 Å². The van der Waals surface area contributed by atoms with E-state index in [9.17, 15) is 8.42 Å². The second-order valence-corrected chi connectivity index (χ2v) is 8.16. The smallest absolute Gasteiger partial charge is 0.211 e. The highest BCUT2D eigenvalue weighted by molar-refractivity contribution is 7.89. The van der Waals surface area contributed by atoms with Crippen molar-refractivity contribution in [3.8, 4) is 0 Å². The molecule has 2 aliphatic rings. The molecule has 5 heteroatoms. The first-order valence-corrected chi connectivity index (χ1v) is 9.41. The Hall–Kier alpha value is -0.130. The molecule has 2 aliphatic carbocycles. The van der Waals surface area contributed by atoms with Gasteiger partial charge in [-0.1, -0.05) is 6.92 Å². The molecule has 0 radical (unpaired) electrons. The molecule has 0 heterocycles. The fourth-order valence-corrected chi connectivity index (χ4v) is 3.99. The average molecular weight is 288 g/mol. The molecule has 0 aromatic heterocycles. The summed E-state index contributed by atoms with van der Waals surface area (Å²) in [7, 11) is -3.05. The molecular weight excluding hydrogens is 260 g/mol. The van der Waals surface area contributed by atoms with Gasteiger partial charge in [0.15, 0.2) is 0 Å². The van der Waals surface area contributed by atoms with Crippen molar-refractivity contribution >= 4 is 10.0 Å². The third-order valence-electron chi connectivity index (χ3n) is 4.42. The van der Waals surface area contributed by atoms with Crippen LogP contribution in [0.3, 0.4) is 0 Å². The van der Waals surface area contributed by atoms with Gasteiger partial charge in [0.05, 0.1) is 5.75 Å². The molecule has 0 unspecified atom stereocenters. The van der Waals surface area contributed by atoms with Gasteiger partial charge in [-0.05, 0) is 69.4 Å². The molecule has 0 aromatic rings. The quantitative estimate of drug-likeness (QED) is 0.571. The summed E-state index contributed by atoms with van der Waals surface area (Å²) < 4.78 is 26.6. The second kappa shape index (κ2) is 6.55. The highest BCUT2D eigenvalue weighted by atomic mass is 32.2. The van der Waals surface area contributed by atoms with Crippen LogP contribution in [-0.2, 0) is 10.0 Å². The zero-order chi connectivity index (χ0) is 13.8. The molecule has 2 saturated carbocycles. The van der Waals surface area contributed by atoms with E-state index in [1.165, 1.54) is 25.7 Å². The first-order chi connectivity index (χ1) is 9.08. The van der Waals surface area contributed by atoms with Gasteiger partial charge in [-0.3, -0.25) is 0 Å². The van der Waals surface area contributed by atoms with Crippen LogP contribution in [0.15, 0.2) is 0 Å². The largest absolute Gasteiger partial charge is 0.317 e. The Labute approximate surface area is 117 Å². The Morgan fingerprint density at radius 3 is 2.47 bits per heavy atom. The predicted molar refractivity (Wildman–Crippen MR) is 78.6 cm³/mol. The molecule has 19 heavy (non-hydrogen) atoms. The fraction of sp³-hybridized carbons (Fsp3) is 1.00. The Morgan fingerprint density at radius 2 is 1.89 bits per heavy atom. The van der Waals surface area contributed by atoms with E-state index in [-0.39, 0.29) is 5.75 Å². The Kier molecular flexibility index (Phi) is 5.26. The van der Waals surface area contributed by atoms with Gasteiger partial charge < -0.3 is 5.32 Å². The SMILES string of the molecule is CCCNCCCCS(=O)(=O)NCC1(C2CC2)CC1. The summed E-state index contributed by atoms with van der Waals surface area (Å²) in [6, 6.07) is 0. The molecule has 2 fully saturated rings. The van der Waals surface area contributed by atoms with Crippen LogP contribution in [-0.4, -0.2) is 33.8 Å². The van der Waals surface area contributed by atoms with Gasteiger partial charge in [-0.2, -0.15) is 0 Å². The van der Waals surface area contributed by atoms with E-state index < -0.39 is 10.0 Å². The number of rotatable bonds is 11. The van der Waals surface area contributed by atoms with Crippen LogP contribution < -0.4 is 10.0 Å². The highest BCUT2D eigenvalue weighted by Gasteiger charge is 2.53. The van der Waals surface area contributed by atoms with Crippen molar-refractivity contribution < 1.29 is 8.42 Å². The van der Waals surface area contributed by atoms with Crippen molar-refractivity contribution in [1.82, 2.24) is 10.0 Å². The maximum absolute atomic E-state index is 11.9. The molecule has 0 amide bonds. The van der Waals surface area contributed by atoms with Crippen LogP contribution >= 0.6 is 0 Å². The van der Waals surface area contributed by atoms with E-state index in [1.807, 2.05) is 0 Å². The van der Waals surface area contributed by atoms with E-state index in [0.29, 0.717) is 12.0 Å². The van der Waals surface area contributed by atoms with Gasteiger partial charge in [0.2, 0.25) is 10.0 Å². The summed E-state index contributed by atoms with van der Waals surface area (Å²) in [5.41, 5.74) is 0.357. The van der Waals surface area contributed by atoms with Gasteiger partial charge in [-0.15, -0.1) is 0 Å². The van der Waals surface area contributed by atoms with Crippen LogP contribution in [0.2, 0.25) is 0 Å². The fourth-order valence-electron chi connectivity index (χ4n) is 2.76. The standard InChI is InChI=1S/C14H28N2O2S/c1-2-9-15-10-3-4-11-19(17,18)16-12-14(7-8-14)13-5-6-13/h13,15-16H,2-12H2,1H3. The number of unbranched alkanes of at least 4 members (excludes halogenated alkanes) is 1. The summed E-state index contributed by atoms with van der Waals surface area (Å²) in [4.78, 5) is 0. The summed E-state index contributed by atoms with van der Waals surface area (Å²) in [5, 5.41) is 3.30. The Balaban J connectivity index is 1.57. The van der Waals surface area contributed by atoms with Gasteiger partial charge in [-0.25, -0.2) is 13.1 Å². The second-order valence-electron chi connectivity index (χ2n) is 6.23. The zero-order valence-corrected chi connectivity index (χ0v) is 12.9. The molecule has 4 nitrogen and oxygen atoms in total. The topological polar surface area (TPSA) is 58.2 Å². The third kappa shape index (κ3) is 5.04. The Morgan fingerprint density at radius 1 is 1.16 bits per heavy atom. The molecule has 0 atom stereocenters. The number of sulfonamides is 1. The monoisotopic (exact) mass is 288 g/mol. The number of hydrogen-bond acceptors (Lipinski definition) is 3. The third-order valence-corrected chi connectivity index (χ3v) is 5.83. The summed E-state index contributed by atoms with van der Waals surface area (Å²) >= 11 is 0. The van der Waals surface area contributed by atoms with Crippen LogP contribution in [0.25, 0.3) is 0 Å². The minimum Gasteiger partial charge on any atom is -0.317 e. The molecule has 0 aliphatic heterocycles. The zero-order valence-electron chi connectivity index (χ0n) is 12.1. The molecule has 0 aromatic carbocycles. The molecule has 2 N–H and O–H groups in total. The van der Waals surface area contributed by atoms with Crippen molar-refractivity contribution in [3.63, 3.8) is 0 Å². The molecule has 2 rings (SSSR count). The lowest BCUT2D eigenvalue weighted by Gasteiger charge is -2.15. The molecule has 112 valence electrons. The minimum atomic E-state index is -3.05. The van der Waals surface area contributed by atoms with Gasteiger partial charge >= 0.3 is 0 Å². The lowest BCUT2D eigenvalue weighted by Crippen LogP contribution is -2.33. The maximum atomic E-state index is 11.9. The Bertz CT molecular complexity index is 373. The normalized spacial score (nSPS) is 21.5. The highest BCUT2D eigenvalue weighted by Crippen LogP contribution is 2.60. The van der Waals surface area contributed by atoms with E-state index in [0.717, 1.165) is 38.3 Å². The van der Waals surface area contributed by atoms with E-state index in [2.05, 4.69) is 17.0 Å². The summed E-state index contributed by atoms with van der Waals surface area (Å²) in [5.74, 6) is 1.09. The van der Waals surface area contributed by atoms with Crippen LogP contribution in [0, 0.1) is 11.3 Å². The van der Waals surface area contributed by atoms with E-state index in [4.69, 9.17) is 0 Å². The van der Waals surface area contributed by atoms with Crippen LogP contribution in [0.5, 0.6) is 0 Å². The van der Waals surface area contributed by atoms with Crippen molar-refractivity contribution in [2.24, 2.45) is 11.3 Å². The van der Waals surface area contributed by atoms with Gasteiger partial charge in [0, 0.05) is 6.54 Å². The summed E-state index contributed by atoms with van der Waals surface area (Å²) in [6.07, 6.45) is 7.89. The molecule has 0 saturated heterocycles. The van der Waals surface area contributed by atoms with Crippen LogP contribution in [0.1, 0.15) is 51.9 Å². The average Bonchev–Trinajstić information content (AvgIpc) is 3.24. The molecule has 0 bridgehead atoms. The van der Waals surface area contributed by atoms with Crippen molar-refractivity contribution in [2.75, 3.05) is 25.4 Å². The van der Waals surface area contributed by atoms with Crippen molar-refractivity contribution in [2.45, 2.75) is 51.9 Å². The van der Waals surface area contributed by atoms with E-state index >= 15 is 0 Å². The van der Waals surface area contributed by atoms with Gasteiger partial charge in [0.25, 0.3) is 0 Å². The molecule has 0 spiro atoms. The van der Waals surface area contributed by atoms with Crippen LogP contribution in [0.4, 0.5) is 0 Å². The first-order valence-electron chi connectivity index (χ1n) is 7.76. The minimum absolute atomic E-state index is 0.279. The lowest BCUT2D eigenvalue weighted by atomic mass is 10.0. The van der Waals surface area contributed by atoms with Crippen molar-refractivity contribution in [1.29, 1.82) is 0 Å².